The van der Waals surface area contributed by atoms with Gasteiger partial charge in [0.25, 0.3) is 10.0 Å². The highest BCUT2D eigenvalue weighted by atomic mass is 32.2. The number of carbonyl (C=O) groups excluding carboxylic acids is 1. The van der Waals surface area contributed by atoms with Crippen LogP contribution in [-0.4, -0.2) is 33.7 Å². The topological polar surface area (TPSA) is 84.9 Å². The molecule has 0 bridgehead atoms. The maximum absolute atomic E-state index is 13.8. The summed E-state index contributed by atoms with van der Waals surface area (Å²) in [6.45, 7) is 2.15. The number of nitrogens with one attached hydrogen (secondary N) is 1. The van der Waals surface area contributed by atoms with Crippen molar-refractivity contribution < 1.29 is 22.7 Å². The summed E-state index contributed by atoms with van der Waals surface area (Å²) in [4.78, 5) is 14.2. The van der Waals surface area contributed by atoms with E-state index in [1.807, 2.05) is 43.5 Å². The smallest absolute Gasteiger partial charge is 0.264 e. The summed E-state index contributed by atoms with van der Waals surface area (Å²) < 4.78 is 40.1. The Bertz CT molecular complexity index is 1480. The quantitative estimate of drug-likeness (QED) is 0.206. The summed E-state index contributed by atoms with van der Waals surface area (Å²) in [6.07, 6.45) is 1.92. The van der Waals surface area contributed by atoms with Gasteiger partial charge < -0.3 is 14.8 Å². The van der Waals surface area contributed by atoms with Gasteiger partial charge in [0.1, 0.15) is 24.7 Å². The van der Waals surface area contributed by atoms with Crippen LogP contribution in [0, 0.1) is 0 Å². The Morgan fingerprint density at radius 1 is 0.846 bits per heavy atom. The zero-order chi connectivity index (χ0) is 27.7. The van der Waals surface area contributed by atoms with Crippen molar-refractivity contribution in [3.8, 4) is 11.5 Å². The lowest BCUT2D eigenvalue weighted by Gasteiger charge is -2.26. The molecule has 0 spiro atoms. The maximum Gasteiger partial charge on any atom is 0.264 e. The molecule has 4 aromatic rings. The maximum atomic E-state index is 13.8. The van der Waals surface area contributed by atoms with Crippen molar-refractivity contribution in [2.75, 3.05) is 29.0 Å². The zero-order valence-corrected chi connectivity index (χ0v) is 23.4. The number of anilines is 2. The van der Waals surface area contributed by atoms with Crippen molar-refractivity contribution in [1.82, 2.24) is 0 Å². The van der Waals surface area contributed by atoms with E-state index in [4.69, 9.17) is 9.47 Å². The lowest BCUT2D eigenvalue weighted by atomic mass is 10.2. The first-order valence-corrected chi connectivity index (χ1v) is 15.0. The molecule has 0 aromatic heterocycles. The number of ether oxygens (including phenoxy) is 2. The van der Waals surface area contributed by atoms with Gasteiger partial charge in [-0.05, 0) is 79.4 Å². The SMILES string of the molecule is CCOc1ccccc1N(CC(=O)Nc1ccc(OCc2ccccc2)cc1)S(=O)(=O)c1ccc(SC)cc1. The average Bonchev–Trinajstić information content (AvgIpc) is 2.96. The van der Waals surface area contributed by atoms with Crippen LogP contribution in [0.3, 0.4) is 0 Å². The summed E-state index contributed by atoms with van der Waals surface area (Å²) in [6, 6.07) is 30.1. The Morgan fingerprint density at radius 3 is 2.18 bits per heavy atom. The van der Waals surface area contributed by atoms with E-state index in [1.165, 1.54) is 11.8 Å². The molecule has 202 valence electrons. The van der Waals surface area contributed by atoms with Gasteiger partial charge in [-0.2, -0.15) is 0 Å². The predicted molar refractivity (Wildman–Crippen MR) is 156 cm³/mol. The Kier molecular flexibility index (Phi) is 9.51. The van der Waals surface area contributed by atoms with Crippen molar-refractivity contribution in [1.29, 1.82) is 0 Å². The molecule has 0 heterocycles. The highest BCUT2D eigenvalue weighted by molar-refractivity contribution is 7.98. The van der Waals surface area contributed by atoms with Gasteiger partial charge in [0.15, 0.2) is 0 Å². The van der Waals surface area contributed by atoms with Crippen molar-refractivity contribution in [2.24, 2.45) is 0 Å². The van der Waals surface area contributed by atoms with E-state index in [-0.39, 0.29) is 10.6 Å². The summed E-state index contributed by atoms with van der Waals surface area (Å²) in [5, 5.41) is 2.79. The molecule has 4 aromatic carbocycles. The minimum atomic E-state index is -4.08. The molecule has 4 rings (SSSR count). The van der Waals surface area contributed by atoms with E-state index in [0.717, 1.165) is 14.8 Å². The molecule has 1 N–H and O–H groups in total. The molecule has 0 aliphatic heterocycles. The summed E-state index contributed by atoms with van der Waals surface area (Å²) in [5.74, 6) is 0.529. The van der Waals surface area contributed by atoms with Gasteiger partial charge in [-0.1, -0.05) is 42.5 Å². The standard InChI is InChI=1S/C30H30N2O5S2/c1-3-36-29-12-8-7-11-28(29)32(39(34,35)27-19-17-26(38-2)18-20-27)21-30(33)31-24-13-15-25(16-14-24)37-22-23-9-5-4-6-10-23/h4-20H,3,21-22H2,1-2H3,(H,31,33). The van der Waals surface area contributed by atoms with Crippen LogP contribution < -0.4 is 19.1 Å². The van der Waals surface area contributed by atoms with Gasteiger partial charge in [-0.25, -0.2) is 8.42 Å². The molecule has 1 amide bonds. The van der Waals surface area contributed by atoms with Gasteiger partial charge in [0.2, 0.25) is 5.91 Å². The van der Waals surface area contributed by atoms with Gasteiger partial charge in [0, 0.05) is 10.6 Å². The molecule has 0 aliphatic rings. The number of nitrogens with zero attached hydrogens (tertiary/aromatic N) is 1. The molecule has 39 heavy (non-hydrogen) atoms. The normalized spacial score (nSPS) is 11.0. The first-order chi connectivity index (χ1) is 18.9. The van der Waals surface area contributed by atoms with Crippen LogP contribution in [0.4, 0.5) is 11.4 Å². The molecule has 7 nitrogen and oxygen atoms in total. The van der Waals surface area contributed by atoms with Crippen molar-refractivity contribution in [3.05, 3.63) is 109 Å². The van der Waals surface area contributed by atoms with Gasteiger partial charge in [-0.3, -0.25) is 9.10 Å². The lowest BCUT2D eigenvalue weighted by Crippen LogP contribution is -2.38. The highest BCUT2D eigenvalue weighted by Crippen LogP contribution is 2.33. The lowest BCUT2D eigenvalue weighted by molar-refractivity contribution is -0.114. The Hall–Kier alpha value is -3.95. The highest BCUT2D eigenvalue weighted by Gasteiger charge is 2.29. The number of carbonyl (C=O) groups is 1. The predicted octanol–water partition coefficient (Wildman–Crippen LogP) is 6.22. The van der Waals surface area contributed by atoms with Gasteiger partial charge in [0.05, 0.1) is 17.2 Å². The Balaban J connectivity index is 1.53. The summed E-state index contributed by atoms with van der Waals surface area (Å²) in [5.41, 5.74) is 1.85. The monoisotopic (exact) mass is 562 g/mol. The number of benzene rings is 4. The van der Waals surface area contributed by atoms with Crippen LogP contribution in [0.2, 0.25) is 0 Å². The summed E-state index contributed by atoms with van der Waals surface area (Å²) >= 11 is 1.52. The van der Waals surface area contributed by atoms with Crippen molar-refractivity contribution in [3.63, 3.8) is 0 Å². The number of para-hydroxylation sites is 2. The molecular formula is C30H30N2O5S2. The van der Waals surface area contributed by atoms with E-state index in [1.54, 1.807) is 72.8 Å². The van der Waals surface area contributed by atoms with E-state index in [2.05, 4.69) is 5.32 Å². The molecule has 0 aliphatic carbocycles. The third-order valence-corrected chi connectivity index (χ3v) is 8.27. The number of hydrogen-bond acceptors (Lipinski definition) is 6. The molecule has 0 radical (unpaired) electrons. The number of rotatable bonds is 12. The van der Waals surface area contributed by atoms with E-state index < -0.39 is 22.5 Å². The van der Waals surface area contributed by atoms with Crippen LogP contribution in [0.15, 0.2) is 113 Å². The summed E-state index contributed by atoms with van der Waals surface area (Å²) in [7, 11) is -4.08. The molecule has 0 fully saturated rings. The molecular weight excluding hydrogens is 532 g/mol. The molecule has 0 saturated heterocycles. The molecule has 0 saturated carbocycles. The average molecular weight is 563 g/mol. The number of hydrogen-bond donors (Lipinski definition) is 1. The minimum Gasteiger partial charge on any atom is -0.492 e. The van der Waals surface area contributed by atoms with Gasteiger partial charge in [-0.15, -0.1) is 11.8 Å². The van der Waals surface area contributed by atoms with Crippen molar-refractivity contribution >= 4 is 39.1 Å². The van der Waals surface area contributed by atoms with E-state index >= 15 is 0 Å². The van der Waals surface area contributed by atoms with E-state index in [9.17, 15) is 13.2 Å². The van der Waals surface area contributed by atoms with Crippen LogP contribution in [-0.2, 0) is 21.4 Å². The fourth-order valence-electron chi connectivity index (χ4n) is 3.82. The second kappa shape index (κ2) is 13.2. The molecule has 0 atom stereocenters. The molecule has 9 heteroatoms. The third-order valence-electron chi connectivity index (χ3n) is 5.75. The Morgan fingerprint density at radius 2 is 1.51 bits per heavy atom. The fraction of sp³-hybridized carbons (Fsp3) is 0.167. The second-order valence-electron chi connectivity index (χ2n) is 8.43. The van der Waals surface area contributed by atoms with Crippen molar-refractivity contribution in [2.45, 2.75) is 23.3 Å². The zero-order valence-electron chi connectivity index (χ0n) is 21.7. The number of sulfonamides is 1. The Labute approximate surface area is 233 Å². The minimum absolute atomic E-state index is 0.0827. The van der Waals surface area contributed by atoms with Crippen LogP contribution in [0.5, 0.6) is 11.5 Å². The van der Waals surface area contributed by atoms with Gasteiger partial charge >= 0.3 is 0 Å². The van der Waals surface area contributed by atoms with Crippen LogP contribution in [0.25, 0.3) is 0 Å². The number of amides is 1. The molecule has 0 unspecified atom stereocenters. The van der Waals surface area contributed by atoms with E-state index in [0.29, 0.717) is 30.4 Å². The van der Waals surface area contributed by atoms with Crippen LogP contribution in [0.1, 0.15) is 12.5 Å². The first-order valence-electron chi connectivity index (χ1n) is 12.4. The number of thioether (sulfide) groups is 1. The van der Waals surface area contributed by atoms with Crippen LogP contribution >= 0.6 is 11.8 Å². The third kappa shape index (κ3) is 7.34. The first kappa shape index (κ1) is 28.1. The second-order valence-corrected chi connectivity index (χ2v) is 11.2. The largest absolute Gasteiger partial charge is 0.492 e. The fourth-order valence-corrected chi connectivity index (χ4v) is 5.66.